The van der Waals surface area contributed by atoms with Crippen LogP contribution < -0.4 is 0 Å². The summed E-state index contributed by atoms with van der Waals surface area (Å²) in [4.78, 5) is 0. The smallest absolute Gasteiger partial charge is 0.100 e. The first kappa shape index (κ1) is 27.4. The van der Waals surface area contributed by atoms with E-state index in [0.717, 1.165) is 5.76 Å². The summed E-state index contributed by atoms with van der Waals surface area (Å²) in [6, 6.07) is 3.79. The van der Waals surface area contributed by atoms with Gasteiger partial charge in [0.2, 0.25) is 0 Å². The maximum Gasteiger partial charge on any atom is 0.100 e. The molecule has 0 saturated carbocycles. The summed E-state index contributed by atoms with van der Waals surface area (Å²) in [7, 11) is 0. The van der Waals surface area contributed by atoms with Gasteiger partial charge >= 0.3 is 0 Å². The van der Waals surface area contributed by atoms with Crippen LogP contribution in [0.1, 0.15) is 85.8 Å². The fraction of sp³-hybridized carbons (Fsp3) is 0.765. The summed E-state index contributed by atoms with van der Waals surface area (Å²) in [5.74, 6) is 0.968. The van der Waals surface area contributed by atoms with Crippen molar-refractivity contribution < 1.29 is 4.42 Å². The SMILES string of the molecule is CCCC.CCCC.CCCC.Cc1ccco1.[Sn]. The van der Waals surface area contributed by atoms with E-state index in [1.807, 2.05) is 19.1 Å². The third-order valence-electron chi connectivity index (χ3n) is 2.16. The first-order valence-corrected chi connectivity index (χ1v) is 7.64. The van der Waals surface area contributed by atoms with Gasteiger partial charge < -0.3 is 4.42 Å². The molecule has 0 aliphatic carbocycles. The monoisotopic (exact) mass is 376 g/mol. The number of hydrogen-bond acceptors (Lipinski definition) is 1. The molecule has 0 aromatic carbocycles. The molecule has 4 radical (unpaired) electrons. The summed E-state index contributed by atoms with van der Waals surface area (Å²) >= 11 is 0. The molecule has 114 valence electrons. The van der Waals surface area contributed by atoms with E-state index in [4.69, 9.17) is 4.42 Å². The minimum Gasteiger partial charge on any atom is -0.470 e. The number of furan rings is 1. The standard InChI is InChI=1S/C5H6O.3C4H10.Sn/c1-5-3-2-4-6-5;3*1-3-4-2;/h2-4H,1H3;3*3-4H2,1-2H3;. The van der Waals surface area contributed by atoms with Crippen LogP contribution in [0.15, 0.2) is 22.8 Å². The molecule has 0 fully saturated rings. The van der Waals surface area contributed by atoms with Crippen molar-refractivity contribution in [2.45, 2.75) is 87.0 Å². The van der Waals surface area contributed by atoms with Gasteiger partial charge in [0.05, 0.1) is 6.26 Å². The Morgan fingerprint density at radius 3 is 1.11 bits per heavy atom. The predicted octanol–water partition coefficient (Wildman–Crippen LogP) is 6.63. The zero-order valence-electron chi connectivity index (χ0n) is 14.4. The van der Waals surface area contributed by atoms with Crippen LogP contribution in [0.25, 0.3) is 0 Å². The second kappa shape index (κ2) is 30.8. The van der Waals surface area contributed by atoms with E-state index in [-0.39, 0.29) is 23.9 Å². The quantitative estimate of drug-likeness (QED) is 0.541. The molecule has 0 amide bonds. The summed E-state index contributed by atoms with van der Waals surface area (Å²) < 4.78 is 4.83. The minimum absolute atomic E-state index is 0. The average molecular weight is 375 g/mol. The predicted molar refractivity (Wildman–Crippen MR) is 90.9 cm³/mol. The third-order valence-corrected chi connectivity index (χ3v) is 2.16. The van der Waals surface area contributed by atoms with Gasteiger partial charge in [-0.05, 0) is 19.1 Å². The van der Waals surface area contributed by atoms with Gasteiger partial charge in [-0.3, -0.25) is 0 Å². The Balaban J connectivity index is -0.0000000796. The molecule has 1 aromatic heterocycles. The van der Waals surface area contributed by atoms with Gasteiger partial charge in [-0.1, -0.05) is 80.1 Å². The van der Waals surface area contributed by atoms with E-state index in [1.165, 1.54) is 38.5 Å². The fourth-order valence-electron chi connectivity index (χ4n) is 0.361. The average Bonchev–Trinajstić information content (AvgIpc) is 2.90. The molecule has 0 unspecified atom stereocenters. The van der Waals surface area contributed by atoms with Crippen LogP contribution in [0.2, 0.25) is 0 Å². The van der Waals surface area contributed by atoms with Gasteiger partial charge in [-0.25, -0.2) is 0 Å². The van der Waals surface area contributed by atoms with Crippen molar-refractivity contribution in [1.82, 2.24) is 0 Å². The molecule has 0 atom stereocenters. The van der Waals surface area contributed by atoms with Crippen molar-refractivity contribution in [3.8, 4) is 0 Å². The Hall–Kier alpha value is 0.0787. The van der Waals surface area contributed by atoms with E-state index in [1.54, 1.807) is 6.26 Å². The van der Waals surface area contributed by atoms with Crippen molar-refractivity contribution in [1.29, 1.82) is 0 Å². The fourth-order valence-corrected chi connectivity index (χ4v) is 0.361. The Morgan fingerprint density at radius 2 is 1.05 bits per heavy atom. The molecule has 1 heterocycles. The van der Waals surface area contributed by atoms with Crippen LogP contribution in [0.4, 0.5) is 0 Å². The molecule has 1 aromatic rings. The van der Waals surface area contributed by atoms with Crippen LogP contribution in [0.3, 0.4) is 0 Å². The van der Waals surface area contributed by atoms with Gasteiger partial charge in [0, 0.05) is 23.9 Å². The molecule has 0 bridgehead atoms. The van der Waals surface area contributed by atoms with Crippen LogP contribution in [-0.4, -0.2) is 23.9 Å². The molecule has 2 heteroatoms. The Kier molecular flexibility index (Phi) is 44.5. The molecule has 0 N–H and O–H groups in total. The number of hydrogen-bond donors (Lipinski definition) is 0. The molecule has 0 spiro atoms. The Morgan fingerprint density at radius 1 is 0.737 bits per heavy atom. The Labute approximate surface area is 139 Å². The molecule has 1 nitrogen and oxygen atoms in total. The molecule has 0 saturated heterocycles. The van der Waals surface area contributed by atoms with E-state index in [0.29, 0.717) is 0 Å². The van der Waals surface area contributed by atoms with Crippen molar-refractivity contribution >= 4 is 23.9 Å². The maximum atomic E-state index is 4.83. The van der Waals surface area contributed by atoms with Crippen molar-refractivity contribution in [2.24, 2.45) is 0 Å². The van der Waals surface area contributed by atoms with E-state index >= 15 is 0 Å². The number of unbranched alkanes of at least 4 members (excludes halogenated alkanes) is 3. The number of rotatable bonds is 3. The van der Waals surface area contributed by atoms with Crippen LogP contribution in [0.5, 0.6) is 0 Å². The molecule has 0 aliphatic heterocycles. The second-order valence-corrected chi connectivity index (χ2v) is 4.22. The molecule has 0 aliphatic rings. The molecule has 19 heavy (non-hydrogen) atoms. The maximum absolute atomic E-state index is 4.83. The minimum atomic E-state index is 0. The van der Waals surface area contributed by atoms with Gasteiger partial charge in [0.15, 0.2) is 0 Å². The first-order chi connectivity index (χ1) is 8.64. The normalized spacial score (nSPS) is 7.53. The second-order valence-electron chi connectivity index (χ2n) is 4.22. The third kappa shape index (κ3) is 46.0. The van der Waals surface area contributed by atoms with Crippen LogP contribution in [-0.2, 0) is 0 Å². The van der Waals surface area contributed by atoms with Gasteiger partial charge in [0.25, 0.3) is 0 Å². The van der Waals surface area contributed by atoms with Crippen LogP contribution in [0, 0.1) is 6.92 Å². The van der Waals surface area contributed by atoms with Gasteiger partial charge in [0.1, 0.15) is 5.76 Å². The zero-order chi connectivity index (χ0) is 14.6. The summed E-state index contributed by atoms with van der Waals surface area (Å²) in [5.41, 5.74) is 0. The van der Waals surface area contributed by atoms with Crippen molar-refractivity contribution in [3.63, 3.8) is 0 Å². The van der Waals surface area contributed by atoms with Crippen molar-refractivity contribution in [3.05, 3.63) is 24.2 Å². The van der Waals surface area contributed by atoms with E-state index in [2.05, 4.69) is 41.5 Å². The topological polar surface area (TPSA) is 13.1 Å². The summed E-state index contributed by atoms with van der Waals surface area (Å²) in [6.45, 7) is 15.0. The zero-order valence-corrected chi connectivity index (χ0v) is 17.2. The van der Waals surface area contributed by atoms with Crippen LogP contribution >= 0.6 is 0 Å². The molecule has 1 rings (SSSR count). The first-order valence-electron chi connectivity index (χ1n) is 7.64. The summed E-state index contributed by atoms with van der Waals surface area (Å²) in [6.07, 6.45) is 9.58. The van der Waals surface area contributed by atoms with E-state index < -0.39 is 0 Å². The van der Waals surface area contributed by atoms with Gasteiger partial charge in [-0.15, -0.1) is 0 Å². The van der Waals surface area contributed by atoms with Crippen molar-refractivity contribution in [2.75, 3.05) is 0 Å². The van der Waals surface area contributed by atoms with E-state index in [9.17, 15) is 0 Å². The Bertz CT molecular complexity index is 168. The largest absolute Gasteiger partial charge is 0.470 e. The molecular weight excluding hydrogens is 339 g/mol. The van der Waals surface area contributed by atoms with Gasteiger partial charge in [-0.2, -0.15) is 0 Å². The molecular formula is C17H36OSn. The number of aryl methyl sites for hydroxylation is 1. The summed E-state index contributed by atoms with van der Waals surface area (Å²) in [5, 5.41) is 0.